The van der Waals surface area contributed by atoms with Crippen LogP contribution in [0, 0.1) is 0 Å². The second-order valence-corrected chi connectivity index (χ2v) is 5.87. The SMILES string of the molecule is CN(C)CC1CCCN1CC(CO)NC1CC1. The third-order valence-corrected chi connectivity index (χ3v) is 3.80. The minimum atomic E-state index is 0.266. The maximum atomic E-state index is 9.43. The number of aliphatic hydroxyl groups is 1. The smallest absolute Gasteiger partial charge is 0.0597 e. The lowest BCUT2D eigenvalue weighted by Crippen LogP contribution is -2.47. The maximum absolute atomic E-state index is 9.43. The molecule has 4 heteroatoms. The monoisotopic (exact) mass is 241 g/mol. The summed E-state index contributed by atoms with van der Waals surface area (Å²) in [4.78, 5) is 4.82. The van der Waals surface area contributed by atoms with Crippen LogP contribution < -0.4 is 5.32 Å². The number of aliphatic hydroxyl groups excluding tert-OH is 1. The van der Waals surface area contributed by atoms with Gasteiger partial charge >= 0.3 is 0 Å². The number of nitrogens with one attached hydrogen (secondary N) is 1. The average molecular weight is 241 g/mol. The Morgan fingerprint density at radius 1 is 1.35 bits per heavy atom. The first kappa shape index (κ1) is 13.3. The molecular formula is C13H27N3O. The van der Waals surface area contributed by atoms with E-state index < -0.39 is 0 Å². The fourth-order valence-electron chi connectivity index (χ4n) is 2.79. The molecule has 0 spiro atoms. The van der Waals surface area contributed by atoms with Crippen LogP contribution in [0.15, 0.2) is 0 Å². The second-order valence-electron chi connectivity index (χ2n) is 5.87. The Bertz CT molecular complexity index is 231. The highest BCUT2D eigenvalue weighted by atomic mass is 16.3. The van der Waals surface area contributed by atoms with Crippen LogP contribution in [0.25, 0.3) is 0 Å². The van der Waals surface area contributed by atoms with Crippen LogP contribution in [0.3, 0.4) is 0 Å². The number of hydrogen-bond acceptors (Lipinski definition) is 4. The van der Waals surface area contributed by atoms with Crippen molar-refractivity contribution in [2.24, 2.45) is 0 Å². The van der Waals surface area contributed by atoms with E-state index >= 15 is 0 Å². The molecule has 2 N–H and O–H groups in total. The minimum Gasteiger partial charge on any atom is -0.395 e. The van der Waals surface area contributed by atoms with Crippen molar-refractivity contribution in [3.05, 3.63) is 0 Å². The van der Waals surface area contributed by atoms with Crippen molar-refractivity contribution in [3.8, 4) is 0 Å². The zero-order chi connectivity index (χ0) is 12.3. The molecule has 0 aromatic rings. The normalized spacial score (nSPS) is 27.9. The first-order chi connectivity index (χ1) is 8.19. The lowest BCUT2D eigenvalue weighted by atomic mass is 10.2. The van der Waals surface area contributed by atoms with Crippen molar-refractivity contribution in [1.82, 2.24) is 15.1 Å². The minimum absolute atomic E-state index is 0.266. The Labute approximate surface area is 105 Å². The molecule has 2 unspecified atom stereocenters. The quantitative estimate of drug-likeness (QED) is 0.664. The van der Waals surface area contributed by atoms with Crippen molar-refractivity contribution in [2.45, 2.75) is 43.8 Å². The average Bonchev–Trinajstić information content (AvgIpc) is 2.99. The highest BCUT2D eigenvalue weighted by Gasteiger charge is 2.29. The van der Waals surface area contributed by atoms with E-state index in [4.69, 9.17) is 0 Å². The van der Waals surface area contributed by atoms with Crippen LogP contribution in [0.5, 0.6) is 0 Å². The number of nitrogens with zero attached hydrogens (tertiary/aromatic N) is 2. The van der Waals surface area contributed by atoms with Crippen molar-refractivity contribution in [1.29, 1.82) is 0 Å². The van der Waals surface area contributed by atoms with E-state index in [1.54, 1.807) is 0 Å². The molecule has 1 heterocycles. The van der Waals surface area contributed by atoms with Gasteiger partial charge in [-0.2, -0.15) is 0 Å². The predicted molar refractivity (Wildman–Crippen MR) is 70.2 cm³/mol. The van der Waals surface area contributed by atoms with E-state index in [0.717, 1.165) is 13.1 Å². The number of rotatable bonds is 7. The summed E-state index contributed by atoms with van der Waals surface area (Å²) in [7, 11) is 4.28. The molecule has 17 heavy (non-hydrogen) atoms. The van der Waals surface area contributed by atoms with Gasteiger partial charge < -0.3 is 15.3 Å². The van der Waals surface area contributed by atoms with Gasteiger partial charge in [-0.1, -0.05) is 0 Å². The lowest BCUT2D eigenvalue weighted by molar-refractivity contribution is 0.155. The van der Waals surface area contributed by atoms with Crippen LogP contribution in [-0.2, 0) is 0 Å². The molecule has 100 valence electrons. The zero-order valence-corrected chi connectivity index (χ0v) is 11.2. The molecule has 1 saturated carbocycles. The Kier molecular flexibility index (Phi) is 4.79. The summed E-state index contributed by atoms with van der Waals surface area (Å²) in [5, 5.41) is 13.0. The Morgan fingerprint density at radius 3 is 2.71 bits per heavy atom. The fraction of sp³-hybridized carbons (Fsp3) is 1.00. The molecule has 0 aromatic carbocycles. The summed E-state index contributed by atoms with van der Waals surface area (Å²) >= 11 is 0. The summed E-state index contributed by atoms with van der Waals surface area (Å²) in [6, 6.07) is 1.63. The molecule has 0 radical (unpaired) electrons. The van der Waals surface area contributed by atoms with Crippen LogP contribution in [0.1, 0.15) is 25.7 Å². The molecular weight excluding hydrogens is 214 g/mol. The predicted octanol–water partition coefficient (Wildman–Crippen LogP) is 0.125. The van der Waals surface area contributed by atoms with Crippen molar-refractivity contribution >= 4 is 0 Å². The first-order valence-corrected chi connectivity index (χ1v) is 6.94. The van der Waals surface area contributed by atoms with Crippen LogP contribution in [0.4, 0.5) is 0 Å². The standard InChI is InChI=1S/C13H27N3O/c1-15(2)9-13-4-3-7-16(13)8-12(10-17)14-11-5-6-11/h11-14,17H,3-10H2,1-2H3. The van der Waals surface area contributed by atoms with Gasteiger partial charge in [0.15, 0.2) is 0 Å². The van der Waals surface area contributed by atoms with E-state index in [2.05, 4.69) is 29.2 Å². The van der Waals surface area contributed by atoms with Gasteiger partial charge in [0, 0.05) is 31.2 Å². The van der Waals surface area contributed by atoms with Gasteiger partial charge in [0.1, 0.15) is 0 Å². The molecule has 1 aliphatic carbocycles. The third-order valence-electron chi connectivity index (χ3n) is 3.80. The number of hydrogen-bond donors (Lipinski definition) is 2. The van der Waals surface area contributed by atoms with Gasteiger partial charge in [0.25, 0.3) is 0 Å². The summed E-state index contributed by atoms with van der Waals surface area (Å²) in [6.07, 6.45) is 5.19. The molecule has 4 nitrogen and oxygen atoms in total. The van der Waals surface area contributed by atoms with Crippen LogP contribution in [-0.4, -0.2) is 73.4 Å². The third kappa shape index (κ3) is 4.21. The van der Waals surface area contributed by atoms with Gasteiger partial charge in [-0.25, -0.2) is 0 Å². The van der Waals surface area contributed by atoms with E-state index in [1.807, 2.05) is 0 Å². The summed E-state index contributed by atoms with van der Waals surface area (Å²) in [5.74, 6) is 0. The van der Waals surface area contributed by atoms with E-state index in [-0.39, 0.29) is 12.6 Å². The molecule has 0 amide bonds. The van der Waals surface area contributed by atoms with Crippen LogP contribution in [0.2, 0.25) is 0 Å². The van der Waals surface area contributed by atoms with Gasteiger partial charge in [-0.15, -0.1) is 0 Å². The van der Waals surface area contributed by atoms with Crippen molar-refractivity contribution in [3.63, 3.8) is 0 Å². The Hall–Kier alpha value is -0.160. The van der Waals surface area contributed by atoms with E-state index in [0.29, 0.717) is 12.1 Å². The Balaban J connectivity index is 1.78. The molecule has 2 fully saturated rings. The molecule has 2 atom stereocenters. The molecule has 2 aliphatic rings. The van der Waals surface area contributed by atoms with Gasteiger partial charge in [0.2, 0.25) is 0 Å². The Morgan fingerprint density at radius 2 is 2.12 bits per heavy atom. The molecule has 0 aromatic heterocycles. The van der Waals surface area contributed by atoms with E-state index in [9.17, 15) is 5.11 Å². The van der Waals surface area contributed by atoms with Gasteiger partial charge in [-0.3, -0.25) is 4.90 Å². The molecule has 2 rings (SSSR count). The summed E-state index contributed by atoms with van der Waals surface area (Å²) in [5.41, 5.74) is 0. The topological polar surface area (TPSA) is 38.7 Å². The molecule has 1 aliphatic heterocycles. The van der Waals surface area contributed by atoms with Gasteiger partial charge in [-0.05, 0) is 46.3 Å². The van der Waals surface area contributed by atoms with Crippen molar-refractivity contribution < 1.29 is 5.11 Å². The van der Waals surface area contributed by atoms with Crippen LogP contribution >= 0.6 is 0 Å². The largest absolute Gasteiger partial charge is 0.395 e. The second kappa shape index (κ2) is 6.14. The molecule has 1 saturated heterocycles. The maximum Gasteiger partial charge on any atom is 0.0597 e. The number of likely N-dealkylation sites (N-methyl/N-ethyl adjacent to an activating group) is 1. The highest BCUT2D eigenvalue weighted by molar-refractivity contribution is 4.89. The summed E-state index contributed by atoms with van der Waals surface area (Å²) in [6.45, 7) is 3.61. The molecule has 0 bridgehead atoms. The van der Waals surface area contributed by atoms with Gasteiger partial charge in [0.05, 0.1) is 6.61 Å². The highest BCUT2D eigenvalue weighted by Crippen LogP contribution is 2.21. The fourth-order valence-corrected chi connectivity index (χ4v) is 2.79. The first-order valence-electron chi connectivity index (χ1n) is 6.94. The van der Waals surface area contributed by atoms with E-state index in [1.165, 1.54) is 32.2 Å². The number of likely N-dealkylation sites (tertiary alicyclic amines) is 1. The van der Waals surface area contributed by atoms with Crippen molar-refractivity contribution in [2.75, 3.05) is 40.3 Å². The lowest BCUT2D eigenvalue weighted by Gasteiger charge is -2.30. The zero-order valence-electron chi connectivity index (χ0n) is 11.2. The summed E-state index contributed by atoms with van der Waals surface area (Å²) < 4.78 is 0.